The summed E-state index contributed by atoms with van der Waals surface area (Å²) in [6.07, 6.45) is 0. The van der Waals surface area contributed by atoms with E-state index in [4.69, 9.17) is 10.7 Å². The number of fused-ring (bicyclic) bond motifs is 1. The van der Waals surface area contributed by atoms with E-state index in [2.05, 4.69) is 42.7 Å². The summed E-state index contributed by atoms with van der Waals surface area (Å²) in [5.41, 5.74) is 11.7. The van der Waals surface area contributed by atoms with Crippen molar-refractivity contribution in [2.24, 2.45) is 0 Å². The summed E-state index contributed by atoms with van der Waals surface area (Å²) in [6.45, 7) is 5.06. The average molecular weight is 294 g/mol. The van der Waals surface area contributed by atoms with E-state index in [0.717, 1.165) is 29.1 Å². The Hall–Kier alpha value is -2.49. The minimum Gasteiger partial charge on any atom is -0.398 e. The summed E-state index contributed by atoms with van der Waals surface area (Å²) in [7, 11) is 3.97. The third-order valence-corrected chi connectivity index (χ3v) is 4.24. The number of nitrogen functional groups attached to an aromatic ring is 1. The average Bonchev–Trinajstić information content (AvgIpc) is 2.73. The Balaban J connectivity index is 2.22. The third kappa shape index (κ3) is 2.30. The molecule has 0 saturated carbocycles. The van der Waals surface area contributed by atoms with Crippen LogP contribution in [0.15, 0.2) is 36.4 Å². The van der Waals surface area contributed by atoms with Crippen molar-refractivity contribution >= 4 is 22.5 Å². The van der Waals surface area contributed by atoms with Crippen LogP contribution in [0.25, 0.3) is 11.0 Å². The first-order valence-electron chi connectivity index (χ1n) is 7.46. The standard InChI is InChI=1S/C18H22N4/c1-12-13(2)22(11-14-8-6-5-7-9-14)18-17(12)15(19)10-16(20-18)21(3)4/h5-10H,11H2,1-4H3,(H2,19,20). The molecule has 2 aromatic heterocycles. The van der Waals surface area contributed by atoms with Gasteiger partial charge in [-0.2, -0.15) is 0 Å². The topological polar surface area (TPSA) is 47.1 Å². The van der Waals surface area contributed by atoms with Gasteiger partial charge in [-0.1, -0.05) is 30.3 Å². The van der Waals surface area contributed by atoms with E-state index in [1.165, 1.54) is 16.8 Å². The molecule has 0 fully saturated rings. The van der Waals surface area contributed by atoms with Gasteiger partial charge >= 0.3 is 0 Å². The molecular formula is C18H22N4. The molecule has 4 heteroatoms. The number of nitrogens with zero attached hydrogens (tertiary/aromatic N) is 3. The second-order valence-electron chi connectivity index (χ2n) is 5.94. The van der Waals surface area contributed by atoms with Crippen LogP contribution in [-0.4, -0.2) is 23.6 Å². The van der Waals surface area contributed by atoms with Crippen molar-refractivity contribution in [2.45, 2.75) is 20.4 Å². The van der Waals surface area contributed by atoms with Crippen LogP contribution in [0.2, 0.25) is 0 Å². The highest BCUT2D eigenvalue weighted by Crippen LogP contribution is 2.31. The van der Waals surface area contributed by atoms with E-state index in [9.17, 15) is 0 Å². The van der Waals surface area contributed by atoms with Crippen LogP contribution in [0.4, 0.5) is 11.5 Å². The largest absolute Gasteiger partial charge is 0.398 e. The maximum Gasteiger partial charge on any atom is 0.145 e. The number of hydrogen-bond donors (Lipinski definition) is 1. The molecule has 0 aliphatic heterocycles. The fourth-order valence-electron chi connectivity index (χ4n) is 2.85. The predicted octanol–water partition coefficient (Wildman–Crippen LogP) is 3.35. The molecule has 0 amide bonds. The lowest BCUT2D eigenvalue weighted by atomic mass is 10.1. The summed E-state index contributed by atoms with van der Waals surface area (Å²) in [6, 6.07) is 12.4. The van der Waals surface area contributed by atoms with E-state index in [1.807, 2.05) is 31.1 Å². The lowest BCUT2D eigenvalue weighted by Crippen LogP contribution is -2.12. The van der Waals surface area contributed by atoms with Gasteiger partial charge in [-0.25, -0.2) is 4.98 Å². The van der Waals surface area contributed by atoms with Crippen molar-refractivity contribution < 1.29 is 0 Å². The molecule has 114 valence electrons. The van der Waals surface area contributed by atoms with Gasteiger partial charge in [0.1, 0.15) is 11.5 Å². The van der Waals surface area contributed by atoms with E-state index < -0.39 is 0 Å². The van der Waals surface area contributed by atoms with Crippen molar-refractivity contribution in [2.75, 3.05) is 24.7 Å². The van der Waals surface area contributed by atoms with Gasteiger partial charge in [-0.15, -0.1) is 0 Å². The summed E-state index contributed by atoms with van der Waals surface area (Å²) in [5, 5.41) is 1.07. The SMILES string of the molecule is Cc1c(C)n(Cc2ccccc2)c2nc(N(C)C)cc(N)c12. The van der Waals surface area contributed by atoms with Gasteiger partial charge in [-0.3, -0.25) is 0 Å². The molecule has 0 aliphatic carbocycles. The predicted molar refractivity (Wildman–Crippen MR) is 93.5 cm³/mol. The highest BCUT2D eigenvalue weighted by molar-refractivity contribution is 5.94. The lowest BCUT2D eigenvalue weighted by molar-refractivity contribution is 0.790. The summed E-state index contributed by atoms with van der Waals surface area (Å²) in [4.78, 5) is 6.81. The quantitative estimate of drug-likeness (QED) is 0.806. The summed E-state index contributed by atoms with van der Waals surface area (Å²) < 4.78 is 2.25. The number of benzene rings is 1. The van der Waals surface area contributed by atoms with Gasteiger partial charge in [0.05, 0.1) is 0 Å². The second-order valence-corrected chi connectivity index (χ2v) is 5.94. The number of nitrogens with two attached hydrogens (primary N) is 1. The first-order chi connectivity index (χ1) is 10.5. The molecule has 0 unspecified atom stereocenters. The van der Waals surface area contributed by atoms with Crippen LogP contribution in [0, 0.1) is 13.8 Å². The van der Waals surface area contributed by atoms with Gasteiger partial charge in [0, 0.05) is 43.5 Å². The molecule has 1 aromatic carbocycles. The highest BCUT2D eigenvalue weighted by Gasteiger charge is 2.16. The molecular weight excluding hydrogens is 272 g/mol. The molecule has 3 rings (SSSR count). The number of aryl methyl sites for hydroxylation is 1. The molecule has 0 atom stereocenters. The molecule has 0 saturated heterocycles. The number of rotatable bonds is 3. The van der Waals surface area contributed by atoms with Gasteiger partial charge in [0.25, 0.3) is 0 Å². The van der Waals surface area contributed by atoms with Crippen molar-refractivity contribution in [3.63, 3.8) is 0 Å². The maximum absolute atomic E-state index is 6.29. The maximum atomic E-state index is 6.29. The molecule has 0 spiro atoms. The first kappa shape index (κ1) is 14.4. The van der Waals surface area contributed by atoms with E-state index in [1.54, 1.807) is 0 Å². The molecule has 0 bridgehead atoms. The number of pyridine rings is 1. The minimum absolute atomic E-state index is 0.793. The second kappa shape index (κ2) is 5.37. The van der Waals surface area contributed by atoms with Crippen molar-refractivity contribution in [3.8, 4) is 0 Å². The molecule has 2 heterocycles. The number of aromatic nitrogens is 2. The Morgan fingerprint density at radius 2 is 1.82 bits per heavy atom. The van der Waals surface area contributed by atoms with Crippen molar-refractivity contribution in [1.29, 1.82) is 0 Å². The smallest absolute Gasteiger partial charge is 0.145 e. The molecule has 3 aromatic rings. The normalized spacial score (nSPS) is 11.1. The van der Waals surface area contributed by atoms with Gasteiger partial charge < -0.3 is 15.2 Å². The summed E-state index contributed by atoms with van der Waals surface area (Å²) in [5.74, 6) is 0.886. The van der Waals surface area contributed by atoms with Crippen LogP contribution in [0.3, 0.4) is 0 Å². The molecule has 0 radical (unpaired) electrons. The Labute approximate surface area is 131 Å². The van der Waals surface area contributed by atoms with Crippen LogP contribution >= 0.6 is 0 Å². The lowest BCUT2D eigenvalue weighted by Gasteiger charge is -2.14. The van der Waals surface area contributed by atoms with Crippen LogP contribution < -0.4 is 10.6 Å². The number of hydrogen-bond acceptors (Lipinski definition) is 3. The highest BCUT2D eigenvalue weighted by atomic mass is 15.2. The minimum atomic E-state index is 0.793. The van der Waals surface area contributed by atoms with Crippen molar-refractivity contribution in [3.05, 3.63) is 53.2 Å². The Morgan fingerprint density at radius 3 is 2.45 bits per heavy atom. The third-order valence-electron chi connectivity index (χ3n) is 4.24. The Bertz CT molecular complexity index is 816. The zero-order chi connectivity index (χ0) is 15.9. The molecule has 22 heavy (non-hydrogen) atoms. The Kier molecular flexibility index (Phi) is 3.53. The van der Waals surface area contributed by atoms with Crippen LogP contribution in [0.5, 0.6) is 0 Å². The number of anilines is 2. The fraction of sp³-hybridized carbons (Fsp3) is 0.278. The monoisotopic (exact) mass is 294 g/mol. The van der Waals surface area contributed by atoms with Crippen LogP contribution in [0.1, 0.15) is 16.8 Å². The molecule has 0 aliphatic rings. The Morgan fingerprint density at radius 1 is 1.14 bits per heavy atom. The zero-order valence-corrected chi connectivity index (χ0v) is 13.6. The fourth-order valence-corrected chi connectivity index (χ4v) is 2.85. The van der Waals surface area contributed by atoms with Gasteiger partial charge in [0.15, 0.2) is 0 Å². The van der Waals surface area contributed by atoms with Gasteiger partial charge in [-0.05, 0) is 25.0 Å². The van der Waals surface area contributed by atoms with Crippen molar-refractivity contribution in [1.82, 2.24) is 9.55 Å². The zero-order valence-electron chi connectivity index (χ0n) is 13.6. The van der Waals surface area contributed by atoms with E-state index >= 15 is 0 Å². The molecule has 4 nitrogen and oxygen atoms in total. The van der Waals surface area contributed by atoms with E-state index in [0.29, 0.717) is 0 Å². The molecule has 2 N–H and O–H groups in total. The van der Waals surface area contributed by atoms with E-state index in [-0.39, 0.29) is 0 Å². The van der Waals surface area contributed by atoms with Gasteiger partial charge in [0.2, 0.25) is 0 Å². The first-order valence-corrected chi connectivity index (χ1v) is 7.46. The van der Waals surface area contributed by atoms with Crippen LogP contribution in [-0.2, 0) is 6.54 Å². The summed E-state index contributed by atoms with van der Waals surface area (Å²) >= 11 is 0.